The molecule has 120 valence electrons. The minimum absolute atomic E-state index is 0.207. The van der Waals surface area contributed by atoms with Crippen LogP contribution in [0.4, 0.5) is 5.69 Å². The molecule has 1 saturated heterocycles. The minimum atomic E-state index is -3.46. The molecule has 0 atom stereocenters. The Balaban J connectivity index is 1.98. The Bertz CT molecular complexity index is 646. The van der Waals surface area contributed by atoms with E-state index in [4.69, 9.17) is 5.26 Å². The lowest BCUT2D eigenvalue weighted by molar-refractivity contribution is 0.344. The van der Waals surface area contributed by atoms with Crippen LogP contribution in [0, 0.1) is 18.3 Å². The van der Waals surface area contributed by atoms with E-state index in [2.05, 4.69) is 17.0 Å². The van der Waals surface area contributed by atoms with E-state index in [1.807, 2.05) is 25.1 Å². The molecule has 0 saturated carbocycles. The summed E-state index contributed by atoms with van der Waals surface area (Å²) in [5.74, 6) is 0. The lowest BCUT2D eigenvalue weighted by Gasteiger charge is -2.37. The summed E-state index contributed by atoms with van der Waals surface area (Å²) < 4.78 is 27.6. The third-order valence-electron chi connectivity index (χ3n) is 3.86. The summed E-state index contributed by atoms with van der Waals surface area (Å²) in [6, 6.07) is 10.2. The zero-order chi connectivity index (χ0) is 16.2. The Labute approximate surface area is 132 Å². The molecule has 1 aromatic rings. The Morgan fingerprint density at radius 1 is 1.27 bits per heavy atom. The van der Waals surface area contributed by atoms with E-state index in [-0.39, 0.29) is 13.0 Å². The van der Waals surface area contributed by atoms with Gasteiger partial charge in [-0.15, -0.1) is 0 Å². The molecule has 22 heavy (non-hydrogen) atoms. The predicted molar refractivity (Wildman–Crippen MR) is 86.7 cm³/mol. The summed E-state index contributed by atoms with van der Waals surface area (Å²) >= 11 is 0. The quantitative estimate of drug-likeness (QED) is 0.817. The van der Waals surface area contributed by atoms with Crippen molar-refractivity contribution < 1.29 is 8.42 Å². The molecule has 1 aromatic carbocycles. The molecule has 0 spiro atoms. The fraction of sp³-hybridized carbons (Fsp3) is 0.533. The number of hydrogen-bond donors (Lipinski definition) is 0. The Hall–Kier alpha value is -1.62. The smallest absolute Gasteiger partial charge is 0.281 e. The van der Waals surface area contributed by atoms with Crippen molar-refractivity contribution in [2.75, 3.05) is 44.7 Å². The SMILES string of the molecule is Cc1cccc(N2CCN(S(=O)(=O)N(C)CCC#N)CC2)c1. The molecule has 2 rings (SSSR count). The van der Waals surface area contributed by atoms with Gasteiger partial charge in [-0.25, -0.2) is 0 Å². The van der Waals surface area contributed by atoms with Crippen molar-refractivity contribution in [1.29, 1.82) is 5.26 Å². The number of nitriles is 1. The second-order valence-corrected chi connectivity index (χ2v) is 7.50. The van der Waals surface area contributed by atoms with Gasteiger partial charge in [0.25, 0.3) is 10.2 Å². The van der Waals surface area contributed by atoms with Gasteiger partial charge in [0, 0.05) is 51.9 Å². The molecule has 0 aliphatic carbocycles. The average molecular weight is 322 g/mol. The van der Waals surface area contributed by atoms with E-state index in [9.17, 15) is 8.42 Å². The average Bonchev–Trinajstić information content (AvgIpc) is 2.52. The second kappa shape index (κ2) is 7.09. The lowest BCUT2D eigenvalue weighted by atomic mass is 10.2. The van der Waals surface area contributed by atoms with Gasteiger partial charge in [-0.2, -0.15) is 22.3 Å². The zero-order valence-electron chi connectivity index (χ0n) is 13.1. The van der Waals surface area contributed by atoms with Gasteiger partial charge in [0.1, 0.15) is 0 Å². The number of rotatable bonds is 5. The molecule has 1 aliphatic rings. The fourth-order valence-corrected chi connectivity index (χ4v) is 3.86. The van der Waals surface area contributed by atoms with Gasteiger partial charge >= 0.3 is 0 Å². The van der Waals surface area contributed by atoms with Gasteiger partial charge in [0.2, 0.25) is 0 Å². The summed E-state index contributed by atoms with van der Waals surface area (Å²) in [5, 5.41) is 8.58. The van der Waals surface area contributed by atoms with E-state index in [0.717, 1.165) is 5.69 Å². The number of nitrogens with zero attached hydrogens (tertiary/aromatic N) is 4. The highest BCUT2D eigenvalue weighted by atomic mass is 32.2. The Morgan fingerprint density at radius 3 is 2.55 bits per heavy atom. The second-order valence-electron chi connectivity index (χ2n) is 5.46. The molecule has 1 fully saturated rings. The van der Waals surface area contributed by atoms with Crippen molar-refractivity contribution in [3.8, 4) is 6.07 Å². The van der Waals surface area contributed by atoms with Crippen molar-refractivity contribution in [2.45, 2.75) is 13.3 Å². The van der Waals surface area contributed by atoms with Crippen LogP contribution >= 0.6 is 0 Å². The molecule has 0 N–H and O–H groups in total. The summed E-state index contributed by atoms with van der Waals surface area (Å²) in [5.41, 5.74) is 2.33. The highest BCUT2D eigenvalue weighted by molar-refractivity contribution is 7.86. The van der Waals surface area contributed by atoms with Crippen molar-refractivity contribution in [1.82, 2.24) is 8.61 Å². The summed E-state index contributed by atoms with van der Waals surface area (Å²) in [6.07, 6.45) is 0.207. The molecule has 0 radical (unpaired) electrons. The monoisotopic (exact) mass is 322 g/mol. The van der Waals surface area contributed by atoms with Crippen molar-refractivity contribution >= 4 is 15.9 Å². The maximum Gasteiger partial charge on any atom is 0.281 e. The van der Waals surface area contributed by atoms with Crippen LogP contribution in [0.25, 0.3) is 0 Å². The summed E-state index contributed by atoms with van der Waals surface area (Å²) in [6.45, 7) is 4.56. The summed E-state index contributed by atoms with van der Waals surface area (Å²) in [4.78, 5) is 2.20. The molecule has 0 aromatic heterocycles. The number of anilines is 1. The first kappa shape index (κ1) is 16.7. The first-order valence-corrected chi connectivity index (χ1v) is 8.75. The van der Waals surface area contributed by atoms with Gasteiger partial charge in [-0.1, -0.05) is 12.1 Å². The van der Waals surface area contributed by atoms with Gasteiger partial charge in [0.05, 0.1) is 6.07 Å². The van der Waals surface area contributed by atoms with E-state index in [1.54, 1.807) is 0 Å². The predicted octanol–water partition coefficient (Wildman–Crippen LogP) is 1.21. The first-order valence-electron chi connectivity index (χ1n) is 7.35. The van der Waals surface area contributed by atoms with E-state index >= 15 is 0 Å². The van der Waals surface area contributed by atoms with Gasteiger partial charge in [-0.05, 0) is 24.6 Å². The highest BCUT2D eigenvalue weighted by Gasteiger charge is 2.30. The van der Waals surface area contributed by atoms with Crippen LogP contribution in [0.2, 0.25) is 0 Å². The Morgan fingerprint density at radius 2 is 1.95 bits per heavy atom. The van der Waals surface area contributed by atoms with Crippen LogP contribution in [0.5, 0.6) is 0 Å². The Kier molecular flexibility index (Phi) is 5.40. The molecular formula is C15H22N4O2S. The van der Waals surface area contributed by atoms with Crippen molar-refractivity contribution in [3.05, 3.63) is 29.8 Å². The standard InChI is InChI=1S/C15H22N4O2S/c1-14-5-3-6-15(13-14)18-9-11-19(12-10-18)22(20,21)17(2)8-4-7-16/h3,5-6,13H,4,8-12H2,1-2H3. The van der Waals surface area contributed by atoms with Crippen LogP contribution < -0.4 is 4.90 Å². The largest absolute Gasteiger partial charge is 0.369 e. The lowest BCUT2D eigenvalue weighted by Crippen LogP contribution is -2.52. The van der Waals surface area contributed by atoms with Gasteiger partial charge in [-0.3, -0.25) is 0 Å². The van der Waals surface area contributed by atoms with Crippen LogP contribution in [-0.4, -0.2) is 56.8 Å². The molecule has 6 nitrogen and oxygen atoms in total. The van der Waals surface area contributed by atoms with Crippen LogP contribution in [0.3, 0.4) is 0 Å². The third-order valence-corrected chi connectivity index (χ3v) is 5.85. The van der Waals surface area contributed by atoms with Gasteiger partial charge in [0.15, 0.2) is 0 Å². The summed E-state index contributed by atoms with van der Waals surface area (Å²) in [7, 11) is -1.93. The maximum absolute atomic E-state index is 12.4. The maximum atomic E-state index is 12.4. The first-order chi connectivity index (χ1) is 10.4. The number of benzene rings is 1. The molecule has 1 heterocycles. The van der Waals surface area contributed by atoms with Crippen molar-refractivity contribution in [2.24, 2.45) is 0 Å². The topological polar surface area (TPSA) is 67.7 Å². The van der Waals surface area contributed by atoms with Gasteiger partial charge < -0.3 is 4.90 Å². The molecule has 0 unspecified atom stereocenters. The third kappa shape index (κ3) is 3.77. The van der Waals surface area contributed by atoms with E-state index in [1.165, 1.54) is 21.2 Å². The molecule has 0 bridgehead atoms. The van der Waals surface area contributed by atoms with Crippen LogP contribution in [0.15, 0.2) is 24.3 Å². The highest BCUT2D eigenvalue weighted by Crippen LogP contribution is 2.19. The zero-order valence-corrected chi connectivity index (χ0v) is 13.9. The molecule has 1 aliphatic heterocycles. The normalized spacial score (nSPS) is 16.7. The minimum Gasteiger partial charge on any atom is -0.369 e. The van der Waals surface area contributed by atoms with Crippen molar-refractivity contribution in [3.63, 3.8) is 0 Å². The molecular weight excluding hydrogens is 300 g/mol. The van der Waals surface area contributed by atoms with E-state index in [0.29, 0.717) is 26.2 Å². The fourth-order valence-electron chi connectivity index (χ4n) is 2.52. The molecule has 0 amide bonds. The number of aryl methyl sites for hydroxylation is 1. The van der Waals surface area contributed by atoms with Crippen LogP contribution in [0.1, 0.15) is 12.0 Å². The van der Waals surface area contributed by atoms with Crippen LogP contribution in [-0.2, 0) is 10.2 Å². The van der Waals surface area contributed by atoms with E-state index < -0.39 is 10.2 Å². The molecule has 7 heteroatoms. The number of hydrogen-bond acceptors (Lipinski definition) is 4. The number of piperazine rings is 1.